The van der Waals surface area contributed by atoms with E-state index in [9.17, 15) is 18.0 Å². The molecule has 0 spiro atoms. The summed E-state index contributed by atoms with van der Waals surface area (Å²) in [5.41, 5.74) is 2.22. The van der Waals surface area contributed by atoms with Crippen LogP contribution in [0.3, 0.4) is 0 Å². The Bertz CT molecular complexity index is 1540. The van der Waals surface area contributed by atoms with Crippen molar-refractivity contribution in [2.75, 3.05) is 10.8 Å². The Hall–Kier alpha value is -2.78. The summed E-state index contributed by atoms with van der Waals surface area (Å²) < 4.78 is 29.2. The third kappa shape index (κ3) is 7.40. The van der Waals surface area contributed by atoms with Crippen molar-refractivity contribution in [2.24, 2.45) is 0 Å². The number of nitrogens with zero attached hydrogens (tertiary/aromatic N) is 2. The van der Waals surface area contributed by atoms with Crippen LogP contribution in [0.1, 0.15) is 49.3 Å². The van der Waals surface area contributed by atoms with Crippen LogP contribution in [-0.2, 0) is 26.2 Å². The SMILES string of the molecule is Cc1ccc(S(=O)(=O)N(CC(=O)N(Cc2c(Cl)cccc2Cl)[C@@H](C)C(=O)NC2CCCC2)c2cc(Cl)ccc2C)cc1. The van der Waals surface area contributed by atoms with Crippen molar-refractivity contribution in [1.29, 1.82) is 0 Å². The number of anilines is 1. The summed E-state index contributed by atoms with van der Waals surface area (Å²) in [7, 11) is -4.22. The largest absolute Gasteiger partial charge is 0.352 e. The molecule has 4 rings (SSSR count). The third-order valence-electron chi connectivity index (χ3n) is 7.59. The first-order valence-corrected chi connectivity index (χ1v) is 16.3. The van der Waals surface area contributed by atoms with Gasteiger partial charge in [-0.15, -0.1) is 0 Å². The smallest absolute Gasteiger partial charge is 0.264 e. The van der Waals surface area contributed by atoms with Gasteiger partial charge in [0.1, 0.15) is 12.6 Å². The Balaban J connectivity index is 1.75. The van der Waals surface area contributed by atoms with E-state index in [2.05, 4.69) is 5.32 Å². The lowest BCUT2D eigenvalue weighted by atomic mass is 10.1. The standard InChI is InChI=1S/C31H34Cl3N3O4S/c1-20-11-15-25(16-12-20)42(40,41)37(29-17-23(32)14-13-21(29)2)19-30(38)36(18-26-27(33)9-6-10-28(26)34)22(3)31(39)35-24-7-4-5-8-24/h6,9-17,22,24H,4-5,7-8,18-19H2,1-3H3,(H,35,39)/t22-/m0/s1. The van der Waals surface area contributed by atoms with Crippen molar-refractivity contribution in [1.82, 2.24) is 10.2 Å². The summed E-state index contributed by atoms with van der Waals surface area (Å²) in [4.78, 5) is 28.9. The molecule has 3 aromatic rings. The van der Waals surface area contributed by atoms with Crippen molar-refractivity contribution in [3.8, 4) is 0 Å². The van der Waals surface area contributed by atoms with Gasteiger partial charge in [0.15, 0.2) is 0 Å². The molecule has 0 heterocycles. The first-order valence-electron chi connectivity index (χ1n) is 13.8. The number of hydrogen-bond acceptors (Lipinski definition) is 4. The molecule has 1 N–H and O–H groups in total. The number of sulfonamides is 1. The van der Waals surface area contributed by atoms with Crippen LogP contribution < -0.4 is 9.62 Å². The predicted octanol–water partition coefficient (Wildman–Crippen LogP) is 6.94. The Morgan fingerprint density at radius 2 is 1.57 bits per heavy atom. The molecule has 2 amide bonds. The van der Waals surface area contributed by atoms with Crippen LogP contribution in [-0.4, -0.2) is 43.8 Å². The van der Waals surface area contributed by atoms with Gasteiger partial charge in [0.25, 0.3) is 10.0 Å². The number of hydrogen-bond donors (Lipinski definition) is 1. The van der Waals surface area contributed by atoms with Crippen LogP contribution in [0.25, 0.3) is 0 Å². The molecule has 0 aliphatic heterocycles. The van der Waals surface area contributed by atoms with E-state index < -0.39 is 28.5 Å². The van der Waals surface area contributed by atoms with E-state index in [1.165, 1.54) is 23.1 Å². The monoisotopic (exact) mass is 649 g/mol. The number of carbonyl (C=O) groups is 2. The second-order valence-electron chi connectivity index (χ2n) is 10.6. The fraction of sp³-hybridized carbons (Fsp3) is 0.355. The fourth-order valence-electron chi connectivity index (χ4n) is 5.03. The highest BCUT2D eigenvalue weighted by molar-refractivity contribution is 7.92. The first-order chi connectivity index (χ1) is 19.9. The summed E-state index contributed by atoms with van der Waals surface area (Å²) in [6.45, 7) is 4.54. The van der Waals surface area contributed by atoms with Crippen LogP contribution in [0.5, 0.6) is 0 Å². The fourth-order valence-corrected chi connectivity index (χ4v) is 7.18. The molecule has 1 aliphatic rings. The second-order valence-corrected chi connectivity index (χ2v) is 13.8. The topological polar surface area (TPSA) is 86.8 Å². The number of halogens is 3. The molecule has 1 saturated carbocycles. The van der Waals surface area contributed by atoms with Gasteiger partial charge in [-0.1, -0.05) is 77.5 Å². The zero-order valence-corrected chi connectivity index (χ0v) is 26.8. The molecule has 1 aliphatic carbocycles. The van der Waals surface area contributed by atoms with Crippen molar-refractivity contribution >= 4 is 62.3 Å². The van der Waals surface area contributed by atoms with E-state index in [4.69, 9.17) is 34.8 Å². The summed E-state index contributed by atoms with van der Waals surface area (Å²) in [6.07, 6.45) is 3.81. The molecule has 42 heavy (non-hydrogen) atoms. The number of rotatable bonds is 10. The van der Waals surface area contributed by atoms with Gasteiger partial charge in [-0.3, -0.25) is 13.9 Å². The van der Waals surface area contributed by atoms with E-state index in [1.807, 2.05) is 6.92 Å². The number of aryl methyl sites for hydroxylation is 2. The quantitative estimate of drug-likeness (QED) is 0.258. The van der Waals surface area contributed by atoms with Crippen molar-refractivity contribution in [3.63, 3.8) is 0 Å². The van der Waals surface area contributed by atoms with Gasteiger partial charge in [-0.05, 0) is 75.6 Å². The molecule has 0 bridgehead atoms. The molecule has 7 nitrogen and oxygen atoms in total. The first kappa shape index (κ1) is 32.1. The molecular formula is C31H34Cl3N3O4S. The van der Waals surface area contributed by atoms with Crippen LogP contribution in [0, 0.1) is 13.8 Å². The summed E-state index contributed by atoms with van der Waals surface area (Å²) >= 11 is 19.2. The molecule has 11 heteroatoms. The van der Waals surface area contributed by atoms with Gasteiger partial charge in [-0.2, -0.15) is 0 Å². The lowest BCUT2D eigenvalue weighted by molar-refractivity contribution is -0.139. The lowest BCUT2D eigenvalue weighted by Crippen LogP contribution is -2.52. The number of benzene rings is 3. The highest BCUT2D eigenvalue weighted by Gasteiger charge is 2.34. The molecule has 1 fully saturated rings. The van der Waals surface area contributed by atoms with E-state index in [1.54, 1.807) is 56.3 Å². The molecule has 0 saturated heterocycles. The number of amides is 2. The number of carbonyl (C=O) groups excluding carboxylic acids is 2. The summed E-state index contributed by atoms with van der Waals surface area (Å²) in [5, 5.41) is 4.02. The molecule has 0 unspecified atom stereocenters. The number of nitrogens with one attached hydrogen (secondary N) is 1. The highest BCUT2D eigenvalue weighted by atomic mass is 35.5. The van der Waals surface area contributed by atoms with E-state index >= 15 is 0 Å². The maximum Gasteiger partial charge on any atom is 0.264 e. The maximum atomic E-state index is 14.2. The lowest BCUT2D eigenvalue weighted by Gasteiger charge is -2.33. The van der Waals surface area contributed by atoms with E-state index in [-0.39, 0.29) is 29.1 Å². The van der Waals surface area contributed by atoms with E-state index in [0.29, 0.717) is 26.2 Å². The van der Waals surface area contributed by atoms with Gasteiger partial charge in [0.05, 0.1) is 10.6 Å². The Kier molecular flexibility index (Phi) is 10.5. The van der Waals surface area contributed by atoms with Gasteiger partial charge in [-0.25, -0.2) is 8.42 Å². The van der Waals surface area contributed by atoms with Gasteiger partial charge in [0, 0.05) is 33.2 Å². The van der Waals surface area contributed by atoms with E-state index in [0.717, 1.165) is 35.6 Å². The predicted molar refractivity (Wildman–Crippen MR) is 169 cm³/mol. The summed E-state index contributed by atoms with van der Waals surface area (Å²) in [5.74, 6) is -0.930. The minimum Gasteiger partial charge on any atom is -0.352 e. The van der Waals surface area contributed by atoms with Gasteiger partial charge >= 0.3 is 0 Å². The maximum absolute atomic E-state index is 14.2. The molecule has 3 aromatic carbocycles. The van der Waals surface area contributed by atoms with Crippen molar-refractivity contribution in [2.45, 2.75) is 70.0 Å². The Morgan fingerprint density at radius 1 is 0.952 bits per heavy atom. The minimum absolute atomic E-state index is 0.0213. The van der Waals surface area contributed by atoms with Gasteiger partial charge < -0.3 is 10.2 Å². The van der Waals surface area contributed by atoms with Crippen LogP contribution >= 0.6 is 34.8 Å². The van der Waals surface area contributed by atoms with Crippen molar-refractivity contribution in [3.05, 3.63) is 92.4 Å². The highest BCUT2D eigenvalue weighted by Crippen LogP contribution is 2.31. The normalized spacial score (nSPS) is 14.4. The molecule has 1 atom stereocenters. The zero-order chi connectivity index (χ0) is 30.6. The Morgan fingerprint density at radius 3 is 2.19 bits per heavy atom. The summed E-state index contributed by atoms with van der Waals surface area (Å²) in [6, 6.07) is 15.3. The van der Waals surface area contributed by atoms with Crippen LogP contribution in [0.2, 0.25) is 15.1 Å². The van der Waals surface area contributed by atoms with Crippen LogP contribution in [0.15, 0.2) is 65.6 Å². The van der Waals surface area contributed by atoms with Crippen LogP contribution in [0.4, 0.5) is 5.69 Å². The average molecular weight is 651 g/mol. The molecule has 0 radical (unpaired) electrons. The molecular weight excluding hydrogens is 617 g/mol. The Labute approximate surface area is 262 Å². The average Bonchev–Trinajstić information content (AvgIpc) is 3.46. The molecule has 224 valence electrons. The minimum atomic E-state index is -4.22. The third-order valence-corrected chi connectivity index (χ3v) is 10.3. The van der Waals surface area contributed by atoms with Crippen molar-refractivity contribution < 1.29 is 18.0 Å². The zero-order valence-electron chi connectivity index (χ0n) is 23.7. The second kappa shape index (κ2) is 13.7. The van der Waals surface area contributed by atoms with Gasteiger partial charge in [0.2, 0.25) is 11.8 Å². The molecule has 0 aromatic heterocycles.